The molecule has 0 amide bonds. The molecule has 0 aliphatic carbocycles. The highest BCUT2D eigenvalue weighted by atomic mass is 35.5. The van der Waals surface area contributed by atoms with E-state index in [2.05, 4.69) is 20.4 Å². The lowest BCUT2D eigenvalue weighted by atomic mass is 10.2. The second kappa shape index (κ2) is 4.51. The normalized spacial score (nSPS) is 10.9. The lowest BCUT2D eigenvalue weighted by molar-refractivity contribution is 0.442. The van der Waals surface area contributed by atoms with Gasteiger partial charge < -0.3 is 9.84 Å². The van der Waals surface area contributed by atoms with Crippen LogP contribution in [0.15, 0.2) is 28.8 Å². The van der Waals surface area contributed by atoms with E-state index in [1.807, 2.05) is 38.1 Å². The second-order valence-corrected chi connectivity index (χ2v) is 4.64. The Morgan fingerprint density at radius 1 is 1.11 bits per heavy atom. The van der Waals surface area contributed by atoms with Crippen LogP contribution in [-0.2, 0) is 0 Å². The standard InChI is InChI=1S/C13H11ClN4O/c1-7-11-12(15-8(2)16-13(11)19-18-7)17-10-5-3-9(14)4-6-10/h3-6H,1-2H3,(H,15,16,17). The number of halogens is 1. The first-order valence-corrected chi connectivity index (χ1v) is 6.14. The van der Waals surface area contributed by atoms with Crippen LogP contribution < -0.4 is 5.32 Å². The lowest BCUT2D eigenvalue weighted by Gasteiger charge is -2.07. The molecule has 0 aliphatic heterocycles. The van der Waals surface area contributed by atoms with E-state index in [4.69, 9.17) is 16.1 Å². The third-order valence-electron chi connectivity index (χ3n) is 2.73. The molecule has 3 rings (SSSR count). The first kappa shape index (κ1) is 11.9. The van der Waals surface area contributed by atoms with Crippen molar-refractivity contribution in [2.75, 3.05) is 5.32 Å². The molecule has 5 nitrogen and oxygen atoms in total. The van der Waals surface area contributed by atoms with E-state index in [0.717, 1.165) is 16.8 Å². The first-order valence-electron chi connectivity index (χ1n) is 5.77. The van der Waals surface area contributed by atoms with Gasteiger partial charge in [0.1, 0.15) is 17.0 Å². The number of anilines is 2. The predicted octanol–water partition coefficient (Wildman–Crippen LogP) is 3.63. The van der Waals surface area contributed by atoms with E-state index in [1.165, 1.54) is 0 Å². The quantitative estimate of drug-likeness (QED) is 0.773. The monoisotopic (exact) mass is 274 g/mol. The maximum atomic E-state index is 5.86. The van der Waals surface area contributed by atoms with Gasteiger partial charge in [-0.25, -0.2) is 4.98 Å². The minimum Gasteiger partial charge on any atom is -0.339 e. The van der Waals surface area contributed by atoms with Crippen molar-refractivity contribution < 1.29 is 4.52 Å². The molecule has 0 unspecified atom stereocenters. The molecule has 6 heteroatoms. The number of nitrogens with zero attached hydrogens (tertiary/aromatic N) is 3. The number of nitrogens with one attached hydrogen (secondary N) is 1. The molecule has 0 atom stereocenters. The fourth-order valence-electron chi connectivity index (χ4n) is 1.86. The van der Waals surface area contributed by atoms with Crippen LogP contribution in [0.4, 0.5) is 11.5 Å². The molecular formula is C13H11ClN4O. The Morgan fingerprint density at radius 3 is 2.58 bits per heavy atom. The van der Waals surface area contributed by atoms with Gasteiger partial charge in [-0.2, -0.15) is 4.98 Å². The molecule has 1 aromatic carbocycles. The van der Waals surface area contributed by atoms with E-state index < -0.39 is 0 Å². The van der Waals surface area contributed by atoms with Gasteiger partial charge >= 0.3 is 0 Å². The molecule has 3 aromatic rings. The summed E-state index contributed by atoms with van der Waals surface area (Å²) < 4.78 is 5.16. The second-order valence-electron chi connectivity index (χ2n) is 4.20. The number of aryl methyl sites for hydroxylation is 2. The molecule has 0 saturated heterocycles. The number of rotatable bonds is 2. The zero-order chi connectivity index (χ0) is 13.4. The Labute approximate surface area is 114 Å². The van der Waals surface area contributed by atoms with Crippen LogP contribution in [-0.4, -0.2) is 15.1 Å². The molecule has 0 bridgehead atoms. The van der Waals surface area contributed by atoms with Crippen molar-refractivity contribution in [3.63, 3.8) is 0 Å². The van der Waals surface area contributed by atoms with E-state index in [-0.39, 0.29) is 0 Å². The third kappa shape index (κ3) is 2.24. The summed E-state index contributed by atoms with van der Waals surface area (Å²) >= 11 is 5.86. The minimum absolute atomic E-state index is 0.487. The molecule has 0 radical (unpaired) electrons. The predicted molar refractivity (Wildman–Crippen MR) is 73.8 cm³/mol. The van der Waals surface area contributed by atoms with E-state index in [9.17, 15) is 0 Å². The average molecular weight is 275 g/mol. The Balaban J connectivity index is 2.09. The summed E-state index contributed by atoms with van der Waals surface area (Å²) in [6.45, 7) is 3.67. The third-order valence-corrected chi connectivity index (χ3v) is 2.98. The molecule has 96 valence electrons. The smallest absolute Gasteiger partial charge is 0.263 e. The molecule has 1 N–H and O–H groups in total. The molecular weight excluding hydrogens is 264 g/mol. The number of aromatic nitrogens is 3. The van der Waals surface area contributed by atoms with Gasteiger partial charge in [0.05, 0.1) is 5.69 Å². The van der Waals surface area contributed by atoms with Crippen molar-refractivity contribution in [2.24, 2.45) is 0 Å². The van der Waals surface area contributed by atoms with Crippen molar-refractivity contribution in [3.05, 3.63) is 40.8 Å². The Morgan fingerprint density at radius 2 is 1.84 bits per heavy atom. The fraction of sp³-hybridized carbons (Fsp3) is 0.154. The molecule has 19 heavy (non-hydrogen) atoms. The highest BCUT2D eigenvalue weighted by Crippen LogP contribution is 2.26. The van der Waals surface area contributed by atoms with Crippen molar-refractivity contribution >= 4 is 34.2 Å². The van der Waals surface area contributed by atoms with Crippen molar-refractivity contribution in [2.45, 2.75) is 13.8 Å². The number of hydrogen-bond acceptors (Lipinski definition) is 5. The summed E-state index contributed by atoms with van der Waals surface area (Å²) in [5.41, 5.74) is 2.14. The molecule has 0 spiro atoms. The lowest BCUT2D eigenvalue weighted by Crippen LogP contribution is -1.98. The van der Waals surface area contributed by atoms with Gasteiger partial charge in [0.25, 0.3) is 5.71 Å². The van der Waals surface area contributed by atoms with Gasteiger partial charge in [0.15, 0.2) is 0 Å². The molecule has 0 fully saturated rings. The molecule has 0 aliphatic rings. The fourth-order valence-corrected chi connectivity index (χ4v) is 1.98. The van der Waals surface area contributed by atoms with E-state index in [1.54, 1.807) is 0 Å². The summed E-state index contributed by atoms with van der Waals surface area (Å²) in [7, 11) is 0. The number of fused-ring (bicyclic) bond motifs is 1. The maximum Gasteiger partial charge on any atom is 0.263 e. The SMILES string of the molecule is Cc1nc(Nc2ccc(Cl)cc2)c2c(C)noc2n1. The van der Waals surface area contributed by atoms with E-state index >= 15 is 0 Å². The summed E-state index contributed by atoms with van der Waals surface area (Å²) in [4.78, 5) is 8.61. The van der Waals surface area contributed by atoms with Crippen molar-refractivity contribution in [1.29, 1.82) is 0 Å². The van der Waals surface area contributed by atoms with Gasteiger partial charge in [0.2, 0.25) is 0 Å². The maximum absolute atomic E-state index is 5.86. The minimum atomic E-state index is 0.487. The summed E-state index contributed by atoms with van der Waals surface area (Å²) in [6.07, 6.45) is 0. The molecule has 2 heterocycles. The van der Waals surface area contributed by atoms with Gasteiger partial charge in [-0.3, -0.25) is 0 Å². The Bertz CT molecular complexity index is 736. The Hall–Kier alpha value is -2.14. The average Bonchev–Trinajstić information content (AvgIpc) is 2.74. The topological polar surface area (TPSA) is 63.8 Å². The van der Waals surface area contributed by atoms with Gasteiger partial charge in [-0.1, -0.05) is 16.8 Å². The highest BCUT2D eigenvalue weighted by Gasteiger charge is 2.13. The van der Waals surface area contributed by atoms with E-state index in [0.29, 0.717) is 22.4 Å². The van der Waals surface area contributed by atoms with Gasteiger partial charge in [0, 0.05) is 10.7 Å². The zero-order valence-corrected chi connectivity index (χ0v) is 11.2. The van der Waals surface area contributed by atoms with Crippen molar-refractivity contribution in [3.8, 4) is 0 Å². The van der Waals surface area contributed by atoms with Crippen LogP contribution in [0.3, 0.4) is 0 Å². The van der Waals surface area contributed by atoms with Crippen LogP contribution in [0.1, 0.15) is 11.5 Å². The molecule has 2 aromatic heterocycles. The zero-order valence-electron chi connectivity index (χ0n) is 10.4. The number of benzene rings is 1. The van der Waals surface area contributed by atoms with Crippen LogP contribution in [0.2, 0.25) is 5.02 Å². The van der Waals surface area contributed by atoms with Crippen LogP contribution in [0.25, 0.3) is 11.1 Å². The van der Waals surface area contributed by atoms with Crippen LogP contribution in [0.5, 0.6) is 0 Å². The highest BCUT2D eigenvalue weighted by molar-refractivity contribution is 6.30. The number of hydrogen-bond donors (Lipinski definition) is 1. The van der Waals surface area contributed by atoms with Crippen LogP contribution >= 0.6 is 11.6 Å². The van der Waals surface area contributed by atoms with Crippen LogP contribution in [0, 0.1) is 13.8 Å². The van der Waals surface area contributed by atoms with Crippen molar-refractivity contribution in [1.82, 2.24) is 15.1 Å². The first-order chi connectivity index (χ1) is 9.13. The summed E-state index contributed by atoms with van der Waals surface area (Å²) in [5.74, 6) is 1.31. The molecule has 0 saturated carbocycles. The Kier molecular flexibility index (Phi) is 2.83. The summed E-state index contributed by atoms with van der Waals surface area (Å²) in [5, 5.41) is 8.63. The van der Waals surface area contributed by atoms with Gasteiger partial charge in [-0.05, 0) is 38.1 Å². The van der Waals surface area contributed by atoms with Gasteiger partial charge in [-0.15, -0.1) is 0 Å². The largest absolute Gasteiger partial charge is 0.339 e. The summed E-state index contributed by atoms with van der Waals surface area (Å²) in [6, 6.07) is 7.40.